The molecule has 9 heteroatoms. The zero-order valence-corrected chi connectivity index (χ0v) is 14.7. The maximum atomic E-state index is 4.14. The van der Waals surface area contributed by atoms with E-state index in [9.17, 15) is 0 Å². The third kappa shape index (κ3) is 7.84. The summed E-state index contributed by atoms with van der Waals surface area (Å²) in [4.78, 5) is 7.69. The summed E-state index contributed by atoms with van der Waals surface area (Å²) in [6, 6.07) is 8.13. The number of nitrogens with one attached hydrogen (secondary N) is 2. The van der Waals surface area contributed by atoms with Crippen molar-refractivity contribution in [1.82, 2.24) is 35.6 Å². The number of H-pyrrole nitrogens is 2. The van der Waals surface area contributed by atoms with Crippen LogP contribution in [0.2, 0.25) is 0 Å². The van der Waals surface area contributed by atoms with Crippen LogP contribution >= 0.6 is 23.1 Å². The van der Waals surface area contributed by atoms with E-state index in [1.807, 2.05) is 23.7 Å². The van der Waals surface area contributed by atoms with Crippen LogP contribution in [0.4, 0.5) is 0 Å². The predicted molar refractivity (Wildman–Crippen MR) is 98.9 cm³/mol. The molecule has 4 aromatic rings. The Balaban J connectivity index is 0.000000121. The van der Waals surface area contributed by atoms with Crippen LogP contribution < -0.4 is 0 Å². The first-order valence-corrected chi connectivity index (χ1v) is 9.44. The Morgan fingerprint density at radius 2 is 1.75 bits per heavy atom. The zero-order valence-electron chi connectivity index (χ0n) is 13.1. The third-order valence-electron chi connectivity index (χ3n) is 2.73. The van der Waals surface area contributed by atoms with Crippen LogP contribution in [-0.2, 0) is 0 Å². The molecule has 0 radical (unpaired) electrons. The summed E-state index contributed by atoms with van der Waals surface area (Å²) in [5.41, 5.74) is 2.97. The molecule has 0 atom stereocenters. The minimum atomic E-state index is 1.10. The van der Waals surface area contributed by atoms with Gasteiger partial charge in [0.05, 0.1) is 28.1 Å². The lowest BCUT2D eigenvalue weighted by atomic mass is 10.3. The molecule has 1 aliphatic heterocycles. The highest BCUT2D eigenvalue weighted by Crippen LogP contribution is 2.15. The van der Waals surface area contributed by atoms with E-state index >= 15 is 0 Å². The molecule has 1 fully saturated rings. The predicted octanol–water partition coefficient (Wildman–Crippen LogP) is 3.42. The van der Waals surface area contributed by atoms with E-state index in [0.717, 1.165) is 5.52 Å². The number of aromatic nitrogens is 7. The van der Waals surface area contributed by atoms with Gasteiger partial charge in [0.15, 0.2) is 0 Å². The minimum Gasteiger partial charge on any atom is -0.266 e. The van der Waals surface area contributed by atoms with Gasteiger partial charge in [-0.2, -0.15) is 32.3 Å². The van der Waals surface area contributed by atoms with Crippen molar-refractivity contribution in [2.75, 3.05) is 11.5 Å². The van der Waals surface area contributed by atoms with Gasteiger partial charge in [-0.15, -0.1) is 11.3 Å². The molecule has 24 heavy (non-hydrogen) atoms. The van der Waals surface area contributed by atoms with Crippen molar-refractivity contribution in [2.45, 2.75) is 12.8 Å². The molecule has 126 valence electrons. The highest BCUT2D eigenvalue weighted by Gasteiger charge is 1.95. The normalized spacial score (nSPS) is 12.2. The fourth-order valence-corrected chi connectivity index (χ4v) is 3.35. The Kier molecular flexibility index (Phi) is 9.19. The zero-order chi connectivity index (χ0) is 16.7. The van der Waals surface area contributed by atoms with E-state index in [1.165, 1.54) is 41.7 Å². The number of thiazole rings is 1. The average molecular weight is 362 g/mol. The molecule has 1 aromatic carbocycles. The molecule has 0 unspecified atom stereocenters. The Labute approximate surface area is 148 Å². The fourth-order valence-electron chi connectivity index (χ4n) is 1.65. The molecule has 5 rings (SSSR count). The number of para-hydroxylation sites is 1. The van der Waals surface area contributed by atoms with Crippen molar-refractivity contribution in [3.05, 3.63) is 54.8 Å². The van der Waals surface area contributed by atoms with Crippen molar-refractivity contribution in [2.24, 2.45) is 0 Å². The lowest BCUT2D eigenvalue weighted by Gasteiger charge is -1.80. The Morgan fingerprint density at radius 1 is 0.958 bits per heavy atom. The number of thioether (sulfide) groups is 1. The van der Waals surface area contributed by atoms with Gasteiger partial charge in [-0.3, -0.25) is 5.10 Å². The quantitative estimate of drug-likeness (QED) is 0.498. The smallest absolute Gasteiger partial charge is 0.137 e. The first kappa shape index (κ1) is 18.1. The topological polar surface area (TPSA) is 96.0 Å². The molecule has 1 saturated heterocycles. The van der Waals surface area contributed by atoms with Gasteiger partial charge < -0.3 is 0 Å². The van der Waals surface area contributed by atoms with Crippen molar-refractivity contribution in [3.8, 4) is 0 Å². The number of rotatable bonds is 0. The van der Waals surface area contributed by atoms with Crippen LogP contribution in [0.3, 0.4) is 0 Å². The largest absolute Gasteiger partial charge is 0.266 e. The molecular weight excluding hydrogens is 342 g/mol. The summed E-state index contributed by atoms with van der Waals surface area (Å²) in [7, 11) is 0. The number of benzene rings is 1. The average Bonchev–Trinajstić information content (AvgIpc) is 3.48. The lowest BCUT2D eigenvalue weighted by Crippen LogP contribution is -1.61. The van der Waals surface area contributed by atoms with E-state index in [1.54, 1.807) is 23.7 Å². The molecule has 4 heterocycles. The summed E-state index contributed by atoms with van der Waals surface area (Å²) in [6.45, 7) is 0. The SMILES string of the molecule is C1CCSC1.c1ccc2scnc2c1.c1cn[nH]n1.c1nc[nH]n1. The Morgan fingerprint density at radius 3 is 2.21 bits per heavy atom. The van der Waals surface area contributed by atoms with E-state index in [0.29, 0.717) is 0 Å². The monoisotopic (exact) mass is 361 g/mol. The molecule has 7 nitrogen and oxygen atoms in total. The second-order valence-corrected chi connectivity index (χ2v) is 6.56. The summed E-state index contributed by atoms with van der Waals surface area (Å²) in [5, 5.41) is 15.3. The van der Waals surface area contributed by atoms with Crippen molar-refractivity contribution >= 4 is 33.3 Å². The first-order chi connectivity index (χ1) is 12.0. The van der Waals surface area contributed by atoms with Crippen molar-refractivity contribution in [1.29, 1.82) is 0 Å². The van der Waals surface area contributed by atoms with Gasteiger partial charge in [-0.1, -0.05) is 12.1 Å². The van der Waals surface area contributed by atoms with E-state index in [2.05, 4.69) is 53.4 Å². The van der Waals surface area contributed by atoms with Gasteiger partial charge in [0, 0.05) is 0 Å². The highest BCUT2D eigenvalue weighted by atomic mass is 32.2. The Hall–Kier alpha value is -2.26. The summed E-state index contributed by atoms with van der Waals surface area (Å²) in [5.74, 6) is 2.83. The fraction of sp³-hybridized carbons (Fsp3) is 0.267. The molecule has 0 amide bonds. The number of aromatic amines is 2. The van der Waals surface area contributed by atoms with Gasteiger partial charge in [-0.25, -0.2) is 9.97 Å². The maximum Gasteiger partial charge on any atom is 0.137 e. The number of fused-ring (bicyclic) bond motifs is 1. The van der Waals surface area contributed by atoms with Crippen LogP contribution in [0.5, 0.6) is 0 Å². The van der Waals surface area contributed by atoms with E-state index in [-0.39, 0.29) is 0 Å². The van der Waals surface area contributed by atoms with Gasteiger partial charge in [0.25, 0.3) is 0 Å². The number of hydrogen-bond acceptors (Lipinski definition) is 7. The molecule has 1 aliphatic rings. The van der Waals surface area contributed by atoms with E-state index in [4.69, 9.17) is 0 Å². The van der Waals surface area contributed by atoms with Crippen molar-refractivity contribution in [3.63, 3.8) is 0 Å². The number of nitrogens with zero attached hydrogens (tertiary/aromatic N) is 5. The van der Waals surface area contributed by atoms with Gasteiger partial charge >= 0.3 is 0 Å². The minimum absolute atomic E-state index is 1.10. The van der Waals surface area contributed by atoms with Crippen LogP contribution in [-0.4, -0.2) is 47.1 Å². The molecule has 3 aromatic heterocycles. The maximum absolute atomic E-state index is 4.14. The third-order valence-corrected chi connectivity index (χ3v) is 4.69. The van der Waals surface area contributed by atoms with E-state index < -0.39 is 0 Å². The van der Waals surface area contributed by atoms with Gasteiger partial charge in [-0.05, 0) is 36.5 Å². The molecule has 0 saturated carbocycles. The highest BCUT2D eigenvalue weighted by molar-refractivity contribution is 7.99. The van der Waals surface area contributed by atoms with Gasteiger partial charge in [0.1, 0.15) is 12.7 Å². The second-order valence-electron chi connectivity index (χ2n) is 4.45. The Bertz CT molecular complexity index is 623. The molecule has 2 N–H and O–H groups in total. The number of hydrogen-bond donors (Lipinski definition) is 2. The van der Waals surface area contributed by atoms with Crippen LogP contribution in [0.15, 0.2) is 54.8 Å². The summed E-state index contributed by atoms with van der Waals surface area (Å²) < 4.78 is 1.26. The molecule has 0 aliphatic carbocycles. The lowest BCUT2D eigenvalue weighted by molar-refractivity contribution is 0.940. The van der Waals surface area contributed by atoms with Crippen molar-refractivity contribution < 1.29 is 0 Å². The van der Waals surface area contributed by atoms with Crippen LogP contribution in [0.25, 0.3) is 10.2 Å². The second kappa shape index (κ2) is 12.2. The summed E-state index contributed by atoms with van der Waals surface area (Å²) in [6.07, 6.45) is 9.05. The standard InChI is InChI=1S/C7H5NS.C4H8S.2C2H3N3/c1-2-4-7-6(3-1)8-5-9-7;1-2-4-5-3-1;1-3-2-5-4-1;1-2-4-5-3-1/h1-5H;1-4H2;2*1-2H,(H,3,4,5). The van der Waals surface area contributed by atoms with Gasteiger partial charge in [0.2, 0.25) is 0 Å². The molecule has 0 bridgehead atoms. The molecule has 0 spiro atoms. The first-order valence-electron chi connectivity index (χ1n) is 7.41. The molecular formula is C15H19N7S2. The van der Waals surface area contributed by atoms with Crippen LogP contribution in [0.1, 0.15) is 12.8 Å². The van der Waals surface area contributed by atoms with Crippen LogP contribution in [0, 0.1) is 0 Å². The summed E-state index contributed by atoms with van der Waals surface area (Å²) >= 11 is 3.75.